The van der Waals surface area contributed by atoms with Crippen molar-refractivity contribution in [2.75, 3.05) is 27.4 Å². The first-order valence-electron chi connectivity index (χ1n) is 12.8. The van der Waals surface area contributed by atoms with Crippen molar-refractivity contribution >= 4 is 34.7 Å². The van der Waals surface area contributed by atoms with E-state index in [-0.39, 0.29) is 57.8 Å². The number of benzene rings is 2. The Morgan fingerprint density at radius 1 is 0.892 bits per heavy atom. The molecule has 1 amide bonds. The molecule has 3 aliphatic rings. The number of hydrogen-bond donors (Lipinski definition) is 0. The summed E-state index contributed by atoms with van der Waals surface area (Å²) in [6, 6.07) is 19.7. The average molecular weight is 585 g/mol. The van der Waals surface area contributed by atoms with Crippen molar-refractivity contribution in [3.05, 3.63) is 78.2 Å². The van der Waals surface area contributed by atoms with E-state index in [0.717, 1.165) is 37.2 Å². The second-order valence-corrected chi connectivity index (χ2v) is 9.15. The van der Waals surface area contributed by atoms with Gasteiger partial charge in [0.2, 0.25) is 0 Å². The van der Waals surface area contributed by atoms with Crippen molar-refractivity contribution in [3.8, 4) is 0 Å². The Bertz CT molecular complexity index is 848. The van der Waals surface area contributed by atoms with Crippen LogP contribution in [0.4, 0.5) is 0 Å². The van der Waals surface area contributed by atoms with Crippen LogP contribution in [0.3, 0.4) is 0 Å². The Labute approximate surface area is 250 Å². The van der Waals surface area contributed by atoms with Gasteiger partial charge in [0.25, 0.3) is 5.91 Å². The number of amides is 1. The van der Waals surface area contributed by atoms with Gasteiger partial charge < -0.3 is 28.1 Å². The van der Waals surface area contributed by atoms with E-state index in [4.69, 9.17) is 9.57 Å². The zero-order valence-corrected chi connectivity index (χ0v) is 25.9. The van der Waals surface area contributed by atoms with Gasteiger partial charge in [0.15, 0.2) is 0 Å². The fourth-order valence-corrected chi connectivity index (χ4v) is 3.38. The van der Waals surface area contributed by atoms with E-state index in [0.29, 0.717) is 11.7 Å². The van der Waals surface area contributed by atoms with Gasteiger partial charge in [-0.2, -0.15) is 0 Å². The average Bonchev–Trinajstić information content (AvgIpc) is 3.88. The molecule has 1 aliphatic heterocycles. The summed E-state index contributed by atoms with van der Waals surface area (Å²) < 4.78 is 4.94. The molecule has 0 N–H and O–H groups in total. The van der Waals surface area contributed by atoms with Crippen molar-refractivity contribution in [1.29, 1.82) is 0 Å². The van der Waals surface area contributed by atoms with Crippen LogP contribution in [0.15, 0.2) is 60.7 Å². The molecule has 37 heavy (non-hydrogen) atoms. The summed E-state index contributed by atoms with van der Waals surface area (Å²) in [4.78, 5) is 28.2. The van der Waals surface area contributed by atoms with Crippen molar-refractivity contribution in [3.63, 3.8) is 0 Å². The van der Waals surface area contributed by atoms with Crippen LogP contribution in [-0.2, 0) is 19.2 Å². The quantitative estimate of drug-likeness (QED) is 0.298. The molecule has 0 spiro atoms. The number of rotatable bonds is 6. The maximum atomic E-state index is 11.7. The maximum Gasteiger partial charge on any atom is 2.00 e. The number of Topliss-reactive ketones (excluding diaryl/α,β-unsaturated/α-hetero) is 1. The van der Waals surface area contributed by atoms with Crippen LogP contribution in [0.2, 0.25) is 0 Å². The summed E-state index contributed by atoms with van der Waals surface area (Å²) >= 11 is 0. The predicted octanol–water partition coefficient (Wildman–Crippen LogP) is 2.98. The molecule has 2 aromatic rings. The first-order valence-corrected chi connectivity index (χ1v) is 12.8. The third kappa shape index (κ3) is 15.1. The smallest absolute Gasteiger partial charge is 1.00 e. The third-order valence-electron chi connectivity index (χ3n) is 6.08. The van der Waals surface area contributed by atoms with Gasteiger partial charge in [-0.1, -0.05) is 67.6 Å². The molecule has 5 nitrogen and oxygen atoms in total. The van der Waals surface area contributed by atoms with Crippen LogP contribution in [-0.4, -0.2) is 67.2 Å². The number of likely N-dealkylation sites (N-methyl/N-ethyl adjacent to an activating group) is 1. The van der Waals surface area contributed by atoms with Gasteiger partial charge in [-0.15, -0.1) is 0 Å². The van der Waals surface area contributed by atoms with Gasteiger partial charge in [0.05, 0.1) is 13.0 Å². The molecule has 2 saturated carbocycles. The van der Waals surface area contributed by atoms with E-state index in [1.807, 2.05) is 74.5 Å². The van der Waals surface area contributed by atoms with Gasteiger partial charge >= 0.3 is 23.1 Å². The molecule has 0 bridgehead atoms. The molecule has 2 aliphatic carbocycles. The predicted molar refractivity (Wildman–Crippen MR) is 147 cm³/mol. The minimum absolute atomic E-state index is 0. The molecule has 0 aromatic heterocycles. The molecule has 0 unspecified atom stereocenters. The number of ketones is 1. The largest absolute Gasteiger partial charge is 2.00 e. The van der Waals surface area contributed by atoms with Crippen LogP contribution in [0, 0.1) is 12.3 Å². The normalized spacial score (nSPS) is 16.2. The summed E-state index contributed by atoms with van der Waals surface area (Å²) in [6.07, 6.45) is 9.77. The first kappa shape index (κ1) is 35.7. The summed E-state index contributed by atoms with van der Waals surface area (Å²) in [5, 5.41) is 1.25. The minimum atomic E-state index is -0.166. The van der Waals surface area contributed by atoms with Crippen molar-refractivity contribution in [2.45, 2.75) is 64.2 Å². The van der Waals surface area contributed by atoms with E-state index in [9.17, 15) is 9.59 Å². The van der Waals surface area contributed by atoms with Crippen LogP contribution < -0.4 is 17.0 Å². The third-order valence-corrected chi connectivity index (χ3v) is 6.08. The Hall–Kier alpha value is -1.25. The number of carbonyl (C=O) groups is 2. The van der Waals surface area contributed by atoms with Gasteiger partial charge in [0.1, 0.15) is 5.78 Å². The summed E-state index contributed by atoms with van der Waals surface area (Å²) in [5.41, 5.74) is 2.15. The molecular formula is C30H42BrMgNO4. The van der Waals surface area contributed by atoms with Crippen molar-refractivity contribution < 1.29 is 36.1 Å². The molecule has 1 saturated heterocycles. The number of halogens is 1. The Kier molecular flexibility index (Phi) is 20.0. The Morgan fingerprint density at radius 3 is 1.65 bits per heavy atom. The fourth-order valence-electron chi connectivity index (χ4n) is 3.38. The number of hydroxylamine groups is 2. The van der Waals surface area contributed by atoms with Crippen LogP contribution in [0.1, 0.15) is 75.3 Å². The second-order valence-electron chi connectivity index (χ2n) is 9.15. The van der Waals surface area contributed by atoms with Gasteiger partial charge in [0, 0.05) is 32.1 Å². The van der Waals surface area contributed by atoms with Gasteiger partial charge in [-0.05, 0) is 43.7 Å². The van der Waals surface area contributed by atoms with Crippen LogP contribution in [0.25, 0.3) is 0 Å². The van der Waals surface area contributed by atoms with Crippen molar-refractivity contribution in [2.24, 2.45) is 5.92 Å². The topological polar surface area (TPSA) is 55.8 Å². The van der Waals surface area contributed by atoms with E-state index >= 15 is 0 Å². The zero-order valence-electron chi connectivity index (χ0n) is 22.9. The monoisotopic (exact) mass is 583 g/mol. The first-order chi connectivity index (χ1) is 17.0. The summed E-state index contributed by atoms with van der Waals surface area (Å²) in [5.74, 6) is 0.676. The molecule has 2 atom stereocenters. The minimum Gasteiger partial charge on any atom is -1.00 e. The molecule has 200 valence electrons. The second kappa shape index (κ2) is 20.7. The fraction of sp³-hybridized carbons (Fsp3) is 0.500. The maximum absolute atomic E-state index is 11.7. The van der Waals surface area contributed by atoms with E-state index in [2.05, 4.69) is 6.42 Å². The number of hydrogen-bond acceptors (Lipinski definition) is 4. The molecule has 0 radical (unpaired) electrons. The van der Waals surface area contributed by atoms with E-state index in [1.165, 1.54) is 37.9 Å². The summed E-state index contributed by atoms with van der Waals surface area (Å²) in [7, 11) is 3.09. The SMILES string of the molecule is C1CCOC1.CON(C)C(=O)[C@H](C)c1ccccc1.C[C@@H](C(=O)C1CC1)c1ccccc1.[Br-].[CH-]1CC1.[Mg+2]. The zero-order chi connectivity index (χ0) is 25.5. The number of nitrogens with zero attached hydrogens (tertiary/aromatic N) is 1. The van der Waals surface area contributed by atoms with E-state index < -0.39 is 0 Å². The molecular weight excluding hydrogens is 543 g/mol. The number of ether oxygens (including phenoxy) is 1. The van der Waals surface area contributed by atoms with Gasteiger partial charge in [-0.25, -0.2) is 17.9 Å². The number of carbonyl (C=O) groups excluding carboxylic acids is 2. The molecule has 2 aromatic carbocycles. The molecule has 1 heterocycles. The van der Waals surface area contributed by atoms with Crippen LogP contribution in [0.5, 0.6) is 0 Å². The van der Waals surface area contributed by atoms with Gasteiger partial charge in [-0.3, -0.25) is 14.4 Å². The standard InChI is InChI=1S/C12H14O.C11H15NO2.C4H8O.C3H5.BrH.Mg/c1-9(12(13)11-7-8-11)10-5-3-2-4-6-10;1-9(11(13)12(2)14-3)10-7-5-4-6-8-10;1-2-4-5-3-1;1-2-3-1;;/h2-6,9,11H,7-8H2,1H3;4-9H,1-3H3;1-4H2;1H,2-3H2;1H;/q;;;-1;;+2/p-1/t2*9-;;;;/m11..../s1. The van der Waals surface area contributed by atoms with Crippen LogP contribution >= 0.6 is 0 Å². The molecule has 7 heteroatoms. The summed E-state index contributed by atoms with van der Waals surface area (Å²) in [6.45, 7) is 5.88. The Balaban J connectivity index is 0.000000517. The molecule has 5 rings (SSSR count). The van der Waals surface area contributed by atoms with E-state index in [1.54, 1.807) is 7.05 Å². The molecule has 3 fully saturated rings. The van der Waals surface area contributed by atoms with Crippen molar-refractivity contribution in [1.82, 2.24) is 5.06 Å². The Morgan fingerprint density at radius 2 is 1.32 bits per heavy atom.